The van der Waals surface area contributed by atoms with Crippen molar-refractivity contribution >= 4 is 15.7 Å². The van der Waals surface area contributed by atoms with E-state index in [9.17, 15) is 8.42 Å². The standard InChI is InChI=1S/C15H18N2O3S/c1-11-8-14(6-7-15(11)20-2)21(18,19)17-10-12-4-3-5-13(16)9-12/h3-9,17H,10,16H2,1-2H3. The van der Waals surface area contributed by atoms with Crippen molar-refractivity contribution < 1.29 is 13.2 Å². The van der Waals surface area contributed by atoms with Crippen molar-refractivity contribution in [2.75, 3.05) is 12.8 Å². The lowest BCUT2D eigenvalue weighted by Crippen LogP contribution is -2.23. The van der Waals surface area contributed by atoms with Gasteiger partial charge in [0.2, 0.25) is 10.0 Å². The normalized spacial score (nSPS) is 11.3. The number of nitrogens with two attached hydrogens (primary N) is 1. The van der Waals surface area contributed by atoms with Crippen molar-refractivity contribution in [3.8, 4) is 5.75 Å². The number of aryl methyl sites for hydroxylation is 1. The van der Waals surface area contributed by atoms with Crippen LogP contribution in [0.3, 0.4) is 0 Å². The first-order valence-electron chi connectivity index (χ1n) is 6.41. The molecule has 3 N–H and O–H groups in total. The molecule has 0 amide bonds. The number of nitrogens with one attached hydrogen (secondary N) is 1. The molecule has 0 aliphatic carbocycles. The molecule has 0 bridgehead atoms. The van der Waals surface area contributed by atoms with Crippen molar-refractivity contribution in [1.82, 2.24) is 4.72 Å². The highest BCUT2D eigenvalue weighted by Gasteiger charge is 2.15. The number of methoxy groups -OCH3 is 1. The number of hydrogen-bond acceptors (Lipinski definition) is 4. The van der Waals surface area contributed by atoms with E-state index in [0.717, 1.165) is 11.1 Å². The highest BCUT2D eigenvalue weighted by atomic mass is 32.2. The van der Waals surface area contributed by atoms with E-state index in [0.29, 0.717) is 11.4 Å². The van der Waals surface area contributed by atoms with Gasteiger partial charge in [-0.3, -0.25) is 0 Å². The van der Waals surface area contributed by atoms with E-state index in [1.54, 1.807) is 44.4 Å². The fourth-order valence-corrected chi connectivity index (χ4v) is 3.09. The van der Waals surface area contributed by atoms with E-state index in [1.807, 2.05) is 6.07 Å². The van der Waals surface area contributed by atoms with Crippen LogP contribution >= 0.6 is 0 Å². The lowest BCUT2D eigenvalue weighted by molar-refractivity contribution is 0.411. The van der Waals surface area contributed by atoms with E-state index in [-0.39, 0.29) is 11.4 Å². The third kappa shape index (κ3) is 3.74. The topological polar surface area (TPSA) is 81.4 Å². The predicted octanol–water partition coefficient (Wildman–Crippen LogP) is 2.06. The van der Waals surface area contributed by atoms with Crippen molar-refractivity contribution in [1.29, 1.82) is 0 Å². The zero-order valence-corrected chi connectivity index (χ0v) is 12.8. The fourth-order valence-electron chi connectivity index (χ4n) is 1.98. The molecule has 0 aliphatic heterocycles. The molecule has 0 unspecified atom stereocenters. The largest absolute Gasteiger partial charge is 0.496 e. The molecule has 0 heterocycles. The Morgan fingerprint density at radius 3 is 2.57 bits per heavy atom. The molecular formula is C15H18N2O3S. The lowest BCUT2D eigenvalue weighted by atomic mass is 10.2. The average Bonchev–Trinajstić information content (AvgIpc) is 2.45. The van der Waals surface area contributed by atoms with Gasteiger partial charge in [-0.25, -0.2) is 13.1 Å². The number of nitrogen functional groups attached to an aromatic ring is 1. The van der Waals surface area contributed by atoms with Crippen LogP contribution in [-0.2, 0) is 16.6 Å². The van der Waals surface area contributed by atoms with Gasteiger partial charge in [0.15, 0.2) is 0 Å². The summed E-state index contributed by atoms with van der Waals surface area (Å²) in [7, 11) is -2.02. The summed E-state index contributed by atoms with van der Waals surface area (Å²) in [5.41, 5.74) is 7.85. The molecule has 2 aromatic carbocycles. The molecule has 0 aromatic heterocycles. The van der Waals surface area contributed by atoms with Gasteiger partial charge in [0.25, 0.3) is 0 Å². The van der Waals surface area contributed by atoms with Crippen molar-refractivity contribution in [2.24, 2.45) is 0 Å². The number of anilines is 1. The van der Waals surface area contributed by atoms with Crippen molar-refractivity contribution in [2.45, 2.75) is 18.4 Å². The Morgan fingerprint density at radius 2 is 1.95 bits per heavy atom. The summed E-state index contributed by atoms with van der Waals surface area (Å²) in [5, 5.41) is 0. The maximum absolute atomic E-state index is 12.3. The van der Waals surface area contributed by atoms with Crippen LogP contribution in [0.15, 0.2) is 47.4 Å². The molecule has 0 atom stereocenters. The minimum absolute atomic E-state index is 0.193. The molecule has 0 saturated carbocycles. The summed E-state index contributed by atoms with van der Waals surface area (Å²) in [6.45, 7) is 1.99. The molecule has 0 spiro atoms. The molecule has 0 fully saturated rings. The van der Waals surface area contributed by atoms with Gasteiger partial charge in [-0.05, 0) is 48.4 Å². The smallest absolute Gasteiger partial charge is 0.240 e. The van der Waals surface area contributed by atoms with Gasteiger partial charge in [-0.15, -0.1) is 0 Å². The van der Waals surface area contributed by atoms with Gasteiger partial charge in [-0.1, -0.05) is 12.1 Å². The molecule has 112 valence electrons. The molecule has 21 heavy (non-hydrogen) atoms. The zero-order chi connectivity index (χ0) is 15.5. The number of rotatable bonds is 5. The fraction of sp³-hybridized carbons (Fsp3) is 0.200. The van der Waals surface area contributed by atoms with E-state index in [1.165, 1.54) is 6.07 Å². The Kier molecular flexibility index (Phi) is 4.50. The van der Waals surface area contributed by atoms with Crippen molar-refractivity contribution in [3.05, 3.63) is 53.6 Å². The molecule has 2 rings (SSSR count). The highest BCUT2D eigenvalue weighted by Crippen LogP contribution is 2.21. The molecular weight excluding hydrogens is 288 g/mol. The maximum Gasteiger partial charge on any atom is 0.240 e. The van der Waals surface area contributed by atoms with Gasteiger partial charge in [-0.2, -0.15) is 0 Å². The molecule has 0 saturated heterocycles. The number of benzene rings is 2. The first kappa shape index (κ1) is 15.3. The van der Waals surface area contributed by atoms with Gasteiger partial charge >= 0.3 is 0 Å². The monoisotopic (exact) mass is 306 g/mol. The van der Waals surface area contributed by atoms with E-state index < -0.39 is 10.0 Å². The first-order valence-corrected chi connectivity index (χ1v) is 7.89. The van der Waals surface area contributed by atoms with Crippen LogP contribution in [0.1, 0.15) is 11.1 Å². The minimum atomic E-state index is -3.57. The van der Waals surface area contributed by atoms with Crippen LogP contribution in [0.4, 0.5) is 5.69 Å². The summed E-state index contributed by atoms with van der Waals surface area (Å²) in [6.07, 6.45) is 0. The Hall–Kier alpha value is -2.05. The van der Waals surface area contributed by atoms with E-state index in [2.05, 4.69) is 4.72 Å². The second-order valence-corrected chi connectivity index (χ2v) is 6.47. The predicted molar refractivity (Wildman–Crippen MR) is 82.6 cm³/mol. The van der Waals surface area contributed by atoms with Gasteiger partial charge in [0.1, 0.15) is 5.75 Å². The van der Waals surface area contributed by atoms with Crippen LogP contribution in [0.5, 0.6) is 5.75 Å². The second-order valence-electron chi connectivity index (χ2n) is 4.70. The van der Waals surface area contributed by atoms with Gasteiger partial charge in [0, 0.05) is 12.2 Å². The van der Waals surface area contributed by atoms with Crippen LogP contribution < -0.4 is 15.2 Å². The van der Waals surface area contributed by atoms with Crippen LogP contribution in [-0.4, -0.2) is 15.5 Å². The average molecular weight is 306 g/mol. The molecule has 2 aromatic rings. The van der Waals surface area contributed by atoms with Crippen LogP contribution in [0.25, 0.3) is 0 Å². The summed E-state index contributed by atoms with van der Waals surface area (Å²) in [4.78, 5) is 0.213. The molecule has 5 nitrogen and oxygen atoms in total. The van der Waals surface area contributed by atoms with Gasteiger partial charge in [0.05, 0.1) is 12.0 Å². The van der Waals surface area contributed by atoms with Crippen molar-refractivity contribution in [3.63, 3.8) is 0 Å². The summed E-state index contributed by atoms with van der Waals surface area (Å²) in [6, 6.07) is 11.8. The van der Waals surface area contributed by atoms with E-state index in [4.69, 9.17) is 10.5 Å². The molecule has 0 aliphatic rings. The third-order valence-corrected chi connectivity index (χ3v) is 4.49. The van der Waals surface area contributed by atoms with Gasteiger partial charge < -0.3 is 10.5 Å². The number of hydrogen-bond donors (Lipinski definition) is 2. The zero-order valence-electron chi connectivity index (χ0n) is 12.0. The number of sulfonamides is 1. The Bertz CT molecular complexity index is 742. The second kappa shape index (κ2) is 6.15. The van der Waals surface area contributed by atoms with Crippen LogP contribution in [0.2, 0.25) is 0 Å². The Morgan fingerprint density at radius 1 is 1.19 bits per heavy atom. The Balaban J connectivity index is 2.17. The quantitative estimate of drug-likeness (QED) is 0.829. The summed E-state index contributed by atoms with van der Waals surface area (Å²) < 4.78 is 32.2. The summed E-state index contributed by atoms with van der Waals surface area (Å²) in [5.74, 6) is 0.657. The maximum atomic E-state index is 12.3. The lowest BCUT2D eigenvalue weighted by Gasteiger charge is -2.10. The molecule has 6 heteroatoms. The Labute approximate surface area is 124 Å². The summed E-state index contributed by atoms with van der Waals surface area (Å²) >= 11 is 0. The highest BCUT2D eigenvalue weighted by molar-refractivity contribution is 7.89. The minimum Gasteiger partial charge on any atom is -0.496 e. The number of ether oxygens (including phenoxy) is 1. The SMILES string of the molecule is COc1ccc(S(=O)(=O)NCc2cccc(N)c2)cc1C. The third-order valence-electron chi connectivity index (χ3n) is 3.09. The molecule has 0 radical (unpaired) electrons. The first-order chi connectivity index (χ1) is 9.92. The van der Waals surface area contributed by atoms with Crippen LogP contribution in [0, 0.1) is 6.92 Å². The van der Waals surface area contributed by atoms with E-state index >= 15 is 0 Å².